The lowest BCUT2D eigenvalue weighted by molar-refractivity contribution is -0.141. The van der Waals surface area contributed by atoms with E-state index in [1.54, 1.807) is 0 Å². The number of ether oxygens (including phenoxy) is 1. The molecule has 0 bridgehead atoms. The SMILES string of the molecule is O=C(O)[C@@H](COCc1ccccc1)NC(c1ccccc1)(c1ccccc1)c1ccccc1. The summed E-state index contributed by atoms with van der Waals surface area (Å²) in [5.74, 6) is -0.963. The molecule has 0 amide bonds. The second kappa shape index (κ2) is 10.7. The molecule has 33 heavy (non-hydrogen) atoms. The highest BCUT2D eigenvalue weighted by Crippen LogP contribution is 2.37. The van der Waals surface area contributed by atoms with Crippen molar-refractivity contribution >= 4 is 5.97 Å². The second-order valence-corrected chi connectivity index (χ2v) is 7.88. The Morgan fingerprint density at radius 3 is 1.48 bits per heavy atom. The van der Waals surface area contributed by atoms with Crippen molar-refractivity contribution in [2.45, 2.75) is 18.2 Å². The van der Waals surface area contributed by atoms with Crippen molar-refractivity contribution in [1.82, 2.24) is 5.32 Å². The van der Waals surface area contributed by atoms with E-state index in [2.05, 4.69) is 5.32 Å². The number of carboxylic acids is 1. The molecule has 0 spiro atoms. The molecule has 4 rings (SSSR count). The standard InChI is InChI=1S/C29H27NO3/c31-28(32)27(22-33-21-23-13-5-1-6-14-23)30-29(24-15-7-2-8-16-24,25-17-9-3-10-18-25)26-19-11-4-12-20-26/h1-20,27,30H,21-22H2,(H,31,32)/t27-/m1/s1. The monoisotopic (exact) mass is 437 g/mol. The van der Waals surface area contributed by atoms with Crippen molar-refractivity contribution in [2.75, 3.05) is 6.61 Å². The summed E-state index contributed by atoms with van der Waals surface area (Å²) in [5, 5.41) is 13.6. The number of carboxylic acid groups (broad SMARTS) is 1. The van der Waals surface area contributed by atoms with Crippen LogP contribution in [0.3, 0.4) is 0 Å². The Balaban J connectivity index is 1.74. The highest BCUT2D eigenvalue weighted by molar-refractivity contribution is 5.74. The number of hydrogen-bond acceptors (Lipinski definition) is 3. The Bertz CT molecular complexity index is 1040. The van der Waals surface area contributed by atoms with Crippen molar-refractivity contribution in [3.05, 3.63) is 144 Å². The summed E-state index contributed by atoms with van der Waals surface area (Å²) in [5.41, 5.74) is 3.00. The number of benzene rings is 4. The normalized spacial score (nSPS) is 12.2. The molecular formula is C29H27NO3. The van der Waals surface area contributed by atoms with Gasteiger partial charge >= 0.3 is 5.97 Å². The Morgan fingerprint density at radius 2 is 1.09 bits per heavy atom. The average Bonchev–Trinajstić information content (AvgIpc) is 2.88. The quantitative estimate of drug-likeness (QED) is 0.333. The Kier molecular flexibility index (Phi) is 7.30. The fraction of sp³-hybridized carbons (Fsp3) is 0.138. The maximum absolute atomic E-state index is 12.4. The van der Waals surface area contributed by atoms with Crippen molar-refractivity contribution in [3.63, 3.8) is 0 Å². The van der Waals surface area contributed by atoms with E-state index in [1.807, 2.05) is 121 Å². The third-order valence-corrected chi connectivity index (χ3v) is 5.71. The zero-order valence-electron chi connectivity index (χ0n) is 18.3. The number of hydrogen-bond donors (Lipinski definition) is 2. The van der Waals surface area contributed by atoms with Crippen molar-refractivity contribution in [3.8, 4) is 0 Å². The molecule has 166 valence electrons. The van der Waals surface area contributed by atoms with Gasteiger partial charge < -0.3 is 9.84 Å². The van der Waals surface area contributed by atoms with Gasteiger partial charge in [0.2, 0.25) is 0 Å². The van der Waals surface area contributed by atoms with E-state index >= 15 is 0 Å². The Hall–Kier alpha value is -3.73. The fourth-order valence-corrected chi connectivity index (χ4v) is 4.12. The molecule has 4 aromatic carbocycles. The summed E-state index contributed by atoms with van der Waals surface area (Å²) >= 11 is 0. The van der Waals surface area contributed by atoms with Crippen molar-refractivity contribution < 1.29 is 14.6 Å². The van der Waals surface area contributed by atoms with E-state index in [0.717, 1.165) is 22.3 Å². The van der Waals surface area contributed by atoms with Crippen LogP contribution < -0.4 is 5.32 Å². The van der Waals surface area contributed by atoms with Crippen LogP contribution in [0.1, 0.15) is 22.3 Å². The van der Waals surface area contributed by atoms with Gasteiger partial charge in [0.25, 0.3) is 0 Å². The molecule has 0 fully saturated rings. The van der Waals surface area contributed by atoms with E-state index < -0.39 is 17.6 Å². The van der Waals surface area contributed by atoms with Crippen LogP contribution in [-0.4, -0.2) is 23.7 Å². The van der Waals surface area contributed by atoms with Gasteiger partial charge in [-0.3, -0.25) is 10.1 Å². The lowest BCUT2D eigenvalue weighted by Crippen LogP contribution is -2.54. The molecule has 0 aliphatic heterocycles. The fourth-order valence-electron chi connectivity index (χ4n) is 4.12. The molecule has 2 N–H and O–H groups in total. The van der Waals surface area contributed by atoms with Gasteiger partial charge in [0.1, 0.15) is 6.04 Å². The molecule has 0 saturated heterocycles. The third-order valence-electron chi connectivity index (χ3n) is 5.71. The predicted octanol–water partition coefficient (Wildman–Crippen LogP) is 5.24. The van der Waals surface area contributed by atoms with Gasteiger partial charge in [0, 0.05) is 0 Å². The summed E-state index contributed by atoms with van der Waals surface area (Å²) in [6.07, 6.45) is 0. The number of rotatable bonds is 10. The minimum absolute atomic E-state index is 0.0263. The third kappa shape index (κ3) is 5.20. The van der Waals surface area contributed by atoms with E-state index in [-0.39, 0.29) is 6.61 Å². The maximum atomic E-state index is 12.4. The van der Waals surface area contributed by atoms with Crippen LogP contribution in [0.5, 0.6) is 0 Å². The molecule has 0 aliphatic carbocycles. The first-order chi connectivity index (χ1) is 16.2. The Labute approximate surface area is 194 Å². The zero-order chi connectivity index (χ0) is 22.9. The van der Waals surface area contributed by atoms with Crippen LogP contribution in [-0.2, 0) is 21.7 Å². The van der Waals surface area contributed by atoms with E-state index in [0.29, 0.717) is 6.61 Å². The molecule has 0 aliphatic rings. The minimum Gasteiger partial charge on any atom is -0.480 e. The molecule has 0 radical (unpaired) electrons. The van der Waals surface area contributed by atoms with Gasteiger partial charge in [-0.2, -0.15) is 0 Å². The van der Waals surface area contributed by atoms with Gasteiger partial charge in [-0.1, -0.05) is 121 Å². The average molecular weight is 438 g/mol. The summed E-state index contributed by atoms with van der Waals surface area (Å²) in [7, 11) is 0. The van der Waals surface area contributed by atoms with Gasteiger partial charge in [0.15, 0.2) is 0 Å². The lowest BCUT2D eigenvalue weighted by atomic mass is 9.76. The summed E-state index contributed by atoms with van der Waals surface area (Å²) in [6.45, 7) is 0.375. The predicted molar refractivity (Wildman–Crippen MR) is 130 cm³/mol. The zero-order valence-corrected chi connectivity index (χ0v) is 18.3. The summed E-state index contributed by atoms with van der Waals surface area (Å²) in [4.78, 5) is 12.4. The van der Waals surface area contributed by atoms with Gasteiger partial charge in [-0.05, 0) is 22.3 Å². The minimum atomic E-state index is -0.963. The molecule has 1 atom stereocenters. The summed E-state index contributed by atoms with van der Waals surface area (Å²) < 4.78 is 5.85. The van der Waals surface area contributed by atoms with Crippen LogP contribution in [0.25, 0.3) is 0 Å². The van der Waals surface area contributed by atoms with Crippen LogP contribution in [0, 0.1) is 0 Å². The number of carbonyl (C=O) groups is 1. The van der Waals surface area contributed by atoms with Gasteiger partial charge in [-0.15, -0.1) is 0 Å². The lowest BCUT2D eigenvalue weighted by Gasteiger charge is -2.39. The van der Waals surface area contributed by atoms with Gasteiger partial charge in [-0.25, -0.2) is 0 Å². The molecule has 0 saturated carbocycles. The van der Waals surface area contributed by atoms with E-state index in [4.69, 9.17) is 4.74 Å². The van der Waals surface area contributed by atoms with Crippen LogP contribution in [0.4, 0.5) is 0 Å². The van der Waals surface area contributed by atoms with Crippen molar-refractivity contribution in [1.29, 1.82) is 0 Å². The number of nitrogens with one attached hydrogen (secondary N) is 1. The molecule has 4 nitrogen and oxygen atoms in total. The molecule has 4 heteroatoms. The second-order valence-electron chi connectivity index (χ2n) is 7.88. The van der Waals surface area contributed by atoms with Crippen LogP contribution in [0.2, 0.25) is 0 Å². The molecule has 0 unspecified atom stereocenters. The largest absolute Gasteiger partial charge is 0.480 e. The molecule has 0 heterocycles. The van der Waals surface area contributed by atoms with Crippen molar-refractivity contribution in [2.24, 2.45) is 0 Å². The maximum Gasteiger partial charge on any atom is 0.323 e. The van der Waals surface area contributed by atoms with Crippen LogP contribution >= 0.6 is 0 Å². The van der Waals surface area contributed by atoms with E-state index in [9.17, 15) is 9.90 Å². The smallest absolute Gasteiger partial charge is 0.323 e. The Morgan fingerprint density at radius 1 is 0.697 bits per heavy atom. The highest BCUT2D eigenvalue weighted by atomic mass is 16.5. The molecule has 0 aromatic heterocycles. The highest BCUT2D eigenvalue weighted by Gasteiger charge is 2.39. The summed E-state index contributed by atoms with van der Waals surface area (Å²) in [6, 6.07) is 38.7. The van der Waals surface area contributed by atoms with Gasteiger partial charge in [0.05, 0.1) is 18.8 Å². The molecule has 4 aromatic rings. The van der Waals surface area contributed by atoms with Crippen LogP contribution in [0.15, 0.2) is 121 Å². The molecular weight excluding hydrogens is 410 g/mol. The first kappa shape index (κ1) is 22.5. The first-order valence-corrected chi connectivity index (χ1v) is 11.0. The topological polar surface area (TPSA) is 58.6 Å². The van der Waals surface area contributed by atoms with E-state index in [1.165, 1.54) is 0 Å². The first-order valence-electron chi connectivity index (χ1n) is 11.0. The number of aliphatic carboxylic acids is 1.